The van der Waals surface area contributed by atoms with Crippen LogP contribution in [0.4, 0.5) is 0 Å². The molecule has 0 bridgehead atoms. The smallest absolute Gasteiger partial charge is 0.311 e. The number of ether oxygens (including phenoxy) is 2. The molecule has 1 N–H and O–H groups in total. The molecule has 0 atom stereocenters. The number of hydrogen-bond donors (Lipinski definition) is 1. The third-order valence-electron chi connectivity index (χ3n) is 3.07. The zero-order valence-electron chi connectivity index (χ0n) is 12.8. The number of aromatic hydroxyl groups is 1. The summed E-state index contributed by atoms with van der Waals surface area (Å²) in [4.78, 5) is 11.7. The Morgan fingerprint density at radius 1 is 1.26 bits per heavy atom. The van der Waals surface area contributed by atoms with Crippen molar-refractivity contribution in [2.24, 2.45) is 0 Å². The number of benzene rings is 2. The van der Waals surface area contributed by atoms with Gasteiger partial charge in [0.15, 0.2) is 11.5 Å². The van der Waals surface area contributed by atoms with Gasteiger partial charge >= 0.3 is 5.97 Å². The van der Waals surface area contributed by atoms with E-state index in [2.05, 4.69) is 0 Å². The van der Waals surface area contributed by atoms with Crippen LogP contribution in [-0.4, -0.2) is 11.1 Å². The molecule has 23 heavy (non-hydrogen) atoms. The first-order chi connectivity index (χ1) is 11.1. The molecule has 0 fully saturated rings. The van der Waals surface area contributed by atoms with Gasteiger partial charge in [0.2, 0.25) is 0 Å². The Bertz CT molecular complexity index is 734. The van der Waals surface area contributed by atoms with E-state index < -0.39 is 5.97 Å². The Labute approximate surface area is 134 Å². The molecule has 118 valence electrons. The molecule has 2 aromatic carbocycles. The van der Waals surface area contributed by atoms with E-state index in [1.807, 2.05) is 13.0 Å². The maximum Gasteiger partial charge on any atom is 0.311 e. The molecule has 2 rings (SSSR count). The van der Waals surface area contributed by atoms with Crippen molar-refractivity contribution in [3.8, 4) is 23.3 Å². The van der Waals surface area contributed by atoms with Crippen molar-refractivity contribution in [1.82, 2.24) is 0 Å². The highest BCUT2D eigenvalue weighted by Crippen LogP contribution is 2.32. The Hall–Kier alpha value is -3.00. The van der Waals surface area contributed by atoms with Crippen molar-refractivity contribution in [3.63, 3.8) is 0 Å². The van der Waals surface area contributed by atoms with E-state index in [4.69, 9.17) is 9.47 Å². The number of nitrogens with zero attached hydrogens (tertiary/aromatic N) is 1. The lowest BCUT2D eigenvalue weighted by Crippen LogP contribution is -2.09. The molecule has 0 aromatic heterocycles. The summed E-state index contributed by atoms with van der Waals surface area (Å²) in [7, 11) is 0. The SMILES string of the molecule is CCCC(=O)Oc1c(C#N)cccc1OCc1cccc(O)c1. The van der Waals surface area contributed by atoms with Gasteiger partial charge in [0, 0.05) is 6.42 Å². The van der Waals surface area contributed by atoms with Crippen LogP contribution in [0.25, 0.3) is 0 Å². The highest BCUT2D eigenvalue weighted by Gasteiger charge is 2.15. The molecule has 0 aliphatic carbocycles. The Morgan fingerprint density at radius 2 is 2.04 bits per heavy atom. The first kappa shape index (κ1) is 16.4. The summed E-state index contributed by atoms with van der Waals surface area (Å²) in [5.74, 6) is 0.189. The molecular formula is C18H17NO4. The summed E-state index contributed by atoms with van der Waals surface area (Å²) in [5, 5.41) is 18.6. The van der Waals surface area contributed by atoms with Gasteiger partial charge < -0.3 is 14.6 Å². The number of esters is 1. The van der Waals surface area contributed by atoms with E-state index in [0.29, 0.717) is 12.2 Å². The summed E-state index contributed by atoms with van der Waals surface area (Å²) in [5.41, 5.74) is 1.00. The van der Waals surface area contributed by atoms with Crippen LogP contribution in [0.5, 0.6) is 17.2 Å². The van der Waals surface area contributed by atoms with Gasteiger partial charge in [-0.2, -0.15) is 5.26 Å². The summed E-state index contributed by atoms with van der Waals surface area (Å²) in [6, 6.07) is 13.5. The first-order valence-electron chi connectivity index (χ1n) is 7.28. The van der Waals surface area contributed by atoms with Gasteiger partial charge in [-0.1, -0.05) is 25.1 Å². The predicted octanol–water partition coefficient (Wildman–Crippen LogP) is 3.55. The highest BCUT2D eigenvalue weighted by molar-refractivity contribution is 5.74. The average Bonchev–Trinajstić information content (AvgIpc) is 2.54. The second-order valence-electron chi connectivity index (χ2n) is 4.93. The average molecular weight is 311 g/mol. The number of carbonyl (C=O) groups excluding carboxylic acids is 1. The summed E-state index contributed by atoms with van der Waals surface area (Å²) in [6.07, 6.45) is 0.929. The lowest BCUT2D eigenvalue weighted by atomic mass is 10.2. The van der Waals surface area contributed by atoms with Crippen molar-refractivity contribution >= 4 is 5.97 Å². The van der Waals surface area contributed by atoms with Crippen LogP contribution < -0.4 is 9.47 Å². The van der Waals surface area contributed by atoms with Gasteiger partial charge in [-0.15, -0.1) is 0 Å². The summed E-state index contributed by atoms with van der Waals surface area (Å²) in [6.45, 7) is 2.05. The minimum absolute atomic E-state index is 0.133. The maximum atomic E-state index is 11.7. The number of hydrogen-bond acceptors (Lipinski definition) is 5. The fourth-order valence-electron chi connectivity index (χ4n) is 2.00. The molecule has 0 aliphatic heterocycles. The monoisotopic (exact) mass is 311 g/mol. The van der Waals surface area contributed by atoms with E-state index >= 15 is 0 Å². The molecule has 0 amide bonds. The molecule has 0 saturated carbocycles. The Morgan fingerprint density at radius 3 is 2.74 bits per heavy atom. The van der Waals surface area contributed by atoms with Crippen LogP contribution in [0.1, 0.15) is 30.9 Å². The van der Waals surface area contributed by atoms with Crippen molar-refractivity contribution in [1.29, 1.82) is 5.26 Å². The van der Waals surface area contributed by atoms with E-state index in [1.165, 1.54) is 0 Å². The van der Waals surface area contributed by atoms with Gasteiger partial charge in [-0.3, -0.25) is 4.79 Å². The van der Waals surface area contributed by atoms with Crippen molar-refractivity contribution in [2.45, 2.75) is 26.4 Å². The van der Waals surface area contributed by atoms with Gasteiger partial charge in [-0.05, 0) is 36.2 Å². The van der Waals surface area contributed by atoms with Gasteiger partial charge in [0.1, 0.15) is 18.4 Å². The van der Waals surface area contributed by atoms with E-state index in [9.17, 15) is 15.2 Å². The predicted molar refractivity (Wildman–Crippen MR) is 84.1 cm³/mol. The Kier molecular flexibility index (Phi) is 5.59. The molecule has 0 radical (unpaired) electrons. The maximum absolute atomic E-state index is 11.7. The highest BCUT2D eigenvalue weighted by atomic mass is 16.6. The van der Waals surface area contributed by atoms with E-state index in [0.717, 1.165) is 5.56 Å². The number of phenolic OH excluding ortho intramolecular Hbond substituents is 1. The fraction of sp³-hybridized carbons (Fsp3) is 0.222. The quantitative estimate of drug-likeness (QED) is 0.652. The largest absolute Gasteiger partial charge is 0.508 e. The number of phenols is 1. The molecule has 5 nitrogen and oxygen atoms in total. The van der Waals surface area contributed by atoms with Crippen molar-refractivity contribution < 1.29 is 19.4 Å². The second-order valence-corrected chi connectivity index (χ2v) is 4.93. The summed E-state index contributed by atoms with van der Waals surface area (Å²) >= 11 is 0. The molecule has 0 unspecified atom stereocenters. The topological polar surface area (TPSA) is 79.6 Å². The molecule has 2 aromatic rings. The minimum Gasteiger partial charge on any atom is -0.508 e. The molecular weight excluding hydrogens is 294 g/mol. The number of carbonyl (C=O) groups is 1. The van der Waals surface area contributed by atoms with Crippen LogP contribution in [0, 0.1) is 11.3 Å². The lowest BCUT2D eigenvalue weighted by Gasteiger charge is -2.13. The van der Waals surface area contributed by atoms with Gasteiger partial charge in [0.05, 0.1) is 5.56 Å². The second kappa shape index (κ2) is 7.85. The van der Waals surface area contributed by atoms with Crippen LogP contribution in [0.3, 0.4) is 0 Å². The van der Waals surface area contributed by atoms with Gasteiger partial charge in [0.25, 0.3) is 0 Å². The minimum atomic E-state index is -0.405. The standard InChI is InChI=1S/C18H17NO4/c1-2-5-17(21)23-18-14(11-19)7-4-9-16(18)22-12-13-6-3-8-15(20)10-13/h3-4,6-10,20H,2,5,12H2,1H3. The molecule has 5 heteroatoms. The Balaban J connectivity index is 2.20. The van der Waals surface area contributed by atoms with Crippen molar-refractivity contribution in [2.75, 3.05) is 0 Å². The van der Waals surface area contributed by atoms with E-state index in [-0.39, 0.29) is 30.1 Å². The third-order valence-corrected chi connectivity index (χ3v) is 3.07. The van der Waals surface area contributed by atoms with Crippen LogP contribution in [0.2, 0.25) is 0 Å². The normalized spacial score (nSPS) is 9.91. The summed E-state index contributed by atoms with van der Waals surface area (Å²) < 4.78 is 10.9. The molecule has 0 heterocycles. The number of rotatable bonds is 6. The zero-order valence-corrected chi connectivity index (χ0v) is 12.8. The van der Waals surface area contributed by atoms with Crippen molar-refractivity contribution in [3.05, 3.63) is 53.6 Å². The van der Waals surface area contributed by atoms with Crippen LogP contribution in [-0.2, 0) is 11.4 Å². The molecule has 0 saturated heterocycles. The van der Waals surface area contributed by atoms with Gasteiger partial charge in [-0.25, -0.2) is 0 Å². The van der Waals surface area contributed by atoms with Crippen LogP contribution >= 0.6 is 0 Å². The number of nitriles is 1. The lowest BCUT2D eigenvalue weighted by molar-refractivity contribution is -0.134. The third kappa shape index (κ3) is 4.48. The van der Waals surface area contributed by atoms with Crippen LogP contribution in [0.15, 0.2) is 42.5 Å². The molecule has 0 aliphatic rings. The fourth-order valence-corrected chi connectivity index (χ4v) is 2.00. The zero-order chi connectivity index (χ0) is 16.7. The first-order valence-corrected chi connectivity index (χ1v) is 7.28. The molecule has 0 spiro atoms. The number of para-hydroxylation sites is 1. The van der Waals surface area contributed by atoms with E-state index in [1.54, 1.807) is 42.5 Å².